The van der Waals surface area contributed by atoms with Crippen molar-refractivity contribution in [1.29, 1.82) is 0 Å². The van der Waals surface area contributed by atoms with Crippen molar-refractivity contribution >= 4 is 33.4 Å². The van der Waals surface area contributed by atoms with E-state index in [0.717, 1.165) is 29.9 Å². The van der Waals surface area contributed by atoms with Crippen LogP contribution >= 0.6 is 0 Å². The summed E-state index contributed by atoms with van der Waals surface area (Å²) < 4.78 is 0. The summed E-state index contributed by atoms with van der Waals surface area (Å²) in [4.78, 5) is 2.42. The standard InChI is InChI=1S/C65H47N/c1-5-17-46(18-6-1)49-33-37-56(38-34-49)66(58-41-42-61-60-27-15-16-28-63(60)65(64(61)45-58,54-22-9-3-10-23-54)55-24-11-4-12-25-55)57-39-35-50(36-40-57)48-29-31-51(32-30-48)62-44-53(47-19-7-2-8-20-47)43-52-21-13-14-26-59(52)62/h1-7,9-19,21-45H,8,20H2. The zero-order valence-corrected chi connectivity index (χ0v) is 36.7. The van der Waals surface area contributed by atoms with Crippen LogP contribution in [0, 0.1) is 0 Å². The summed E-state index contributed by atoms with van der Waals surface area (Å²) >= 11 is 0. The summed E-state index contributed by atoms with van der Waals surface area (Å²) in [5, 5.41) is 2.56. The van der Waals surface area contributed by atoms with Crippen molar-refractivity contribution in [2.24, 2.45) is 0 Å². The maximum Gasteiger partial charge on any atom is 0.0714 e. The average Bonchev–Trinajstić information content (AvgIpc) is 3.70. The quantitative estimate of drug-likeness (QED) is 0.140. The molecule has 0 amide bonds. The molecule has 0 saturated carbocycles. The number of nitrogens with zero attached hydrogens (tertiary/aromatic N) is 1. The largest absolute Gasteiger partial charge is 0.310 e. The molecule has 10 aromatic rings. The molecular formula is C65H47N. The van der Waals surface area contributed by atoms with E-state index in [2.05, 4.69) is 266 Å². The molecule has 0 spiro atoms. The third-order valence-corrected chi connectivity index (χ3v) is 13.8. The second kappa shape index (κ2) is 16.7. The number of hydrogen-bond donors (Lipinski definition) is 0. The second-order valence-corrected chi connectivity index (χ2v) is 17.5. The molecule has 1 nitrogen and oxygen atoms in total. The first-order valence-corrected chi connectivity index (χ1v) is 23.1. The SMILES string of the molecule is C1=CCCC(c2cc(-c3ccc(-c4ccc(N(c5ccc(-c6ccccc6)cc5)c5ccc6c(c5)C(c5ccccc5)(c5ccccc5)c5ccccc5-6)cc4)cc3)c3ccccc3c2)=C1. The van der Waals surface area contributed by atoms with E-state index in [-0.39, 0.29) is 0 Å². The molecule has 12 rings (SSSR count). The molecule has 66 heavy (non-hydrogen) atoms. The van der Waals surface area contributed by atoms with Gasteiger partial charge in [0.1, 0.15) is 0 Å². The first-order chi connectivity index (χ1) is 32.7. The van der Waals surface area contributed by atoms with Crippen LogP contribution in [0.1, 0.15) is 40.7 Å². The van der Waals surface area contributed by atoms with Crippen LogP contribution in [0.3, 0.4) is 0 Å². The van der Waals surface area contributed by atoms with E-state index in [1.165, 1.54) is 88.7 Å². The fourth-order valence-corrected chi connectivity index (χ4v) is 10.7. The van der Waals surface area contributed by atoms with Gasteiger partial charge in [0.25, 0.3) is 0 Å². The Morgan fingerprint density at radius 2 is 0.864 bits per heavy atom. The lowest BCUT2D eigenvalue weighted by Crippen LogP contribution is -2.28. The Morgan fingerprint density at radius 3 is 1.50 bits per heavy atom. The van der Waals surface area contributed by atoms with Crippen LogP contribution in [-0.4, -0.2) is 0 Å². The van der Waals surface area contributed by atoms with Gasteiger partial charge in [-0.05, 0) is 150 Å². The smallest absolute Gasteiger partial charge is 0.0714 e. The van der Waals surface area contributed by atoms with Crippen molar-refractivity contribution in [3.8, 4) is 44.5 Å². The minimum Gasteiger partial charge on any atom is -0.310 e. The van der Waals surface area contributed by atoms with Gasteiger partial charge in [-0.2, -0.15) is 0 Å². The molecule has 0 fully saturated rings. The molecule has 0 unspecified atom stereocenters. The molecule has 1 heteroatoms. The van der Waals surface area contributed by atoms with Crippen molar-refractivity contribution in [3.05, 3.63) is 289 Å². The van der Waals surface area contributed by atoms with E-state index in [1.54, 1.807) is 0 Å². The highest BCUT2D eigenvalue weighted by Gasteiger charge is 2.46. The molecule has 2 aliphatic carbocycles. The van der Waals surface area contributed by atoms with E-state index in [9.17, 15) is 0 Å². The van der Waals surface area contributed by atoms with Gasteiger partial charge in [-0.25, -0.2) is 0 Å². The molecular weight excluding hydrogens is 795 g/mol. The zero-order chi connectivity index (χ0) is 43.9. The van der Waals surface area contributed by atoms with E-state index in [1.807, 2.05) is 0 Å². The van der Waals surface area contributed by atoms with Gasteiger partial charge < -0.3 is 4.90 Å². The second-order valence-electron chi connectivity index (χ2n) is 17.5. The van der Waals surface area contributed by atoms with E-state index in [0.29, 0.717) is 0 Å². The highest BCUT2D eigenvalue weighted by molar-refractivity contribution is 5.99. The fourth-order valence-electron chi connectivity index (χ4n) is 10.7. The van der Waals surface area contributed by atoms with Crippen molar-refractivity contribution in [1.82, 2.24) is 0 Å². The lowest BCUT2D eigenvalue weighted by atomic mass is 9.67. The summed E-state index contributed by atoms with van der Waals surface area (Å²) in [5.74, 6) is 0. The Kier molecular flexibility index (Phi) is 9.95. The highest BCUT2D eigenvalue weighted by atomic mass is 15.1. The molecule has 312 valence electrons. The number of anilines is 3. The maximum atomic E-state index is 2.45. The minimum absolute atomic E-state index is 0.499. The van der Waals surface area contributed by atoms with Crippen molar-refractivity contribution < 1.29 is 0 Å². The predicted octanol–water partition coefficient (Wildman–Crippen LogP) is 17.4. The van der Waals surface area contributed by atoms with Crippen molar-refractivity contribution in [2.75, 3.05) is 4.90 Å². The lowest BCUT2D eigenvalue weighted by molar-refractivity contribution is 0.768. The van der Waals surface area contributed by atoms with Gasteiger partial charge in [0.05, 0.1) is 5.41 Å². The van der Waals surface area contributed by atoms with Crippen LogP contribution in [0.5, 0.6) is 0 Å². The van der Waals surface area contributed by atoms with Crippen LogP contribution in [0.15, 0.2) is 261 Å². The van der Waals surface area contributed by atoms with Gasteiger partial charge in [0, 0.05) is 17.1 Å². The molecule has 0 heterocycles. The maximum absolute atomic E-state index is 2.45. The Morgan fingerprint density at radius 1 is 0.348 bits per heavy atom. The van der Waals surface area contributed by atoms with Gasteiger partial charge in [0.15, 0.2) is 0 Å². The monoisotopic (exact) mass is 841 g/mol. The molecule has 0 aliphatic heterocycles. The third-order valence-electron chi connectivity index (χ3n) is 13.8. The zero-order valence-electron chi connectivity index (χ0n) is 36.7. The Hall–Kier alpha value is -8.26. The summed E-state index contributed by atoms with van der Waals surface area (Å²) in [6.07, 6.45) is 8.89. The molecule has 0 radical (unpaired) electrons. The normalized spacial score (nSPS) is 13.5. The van der Waals surface area contributed by atoms with Gasteiger partial charge in [-0.3, -0.25) is 0 Å². The first kappa shape index (κ1) is 39.3. The van der Waals surface area contributed by atoms with Crippen LogP contribution < -0.4 is 4.90 Å². The number of fused-ring (bicyclic) bond motifs is 4. The highest BCUT2D eigenvalue weighted by Crippen LogP contribution is 2.57. The van der Waals surface area contributed by atoms with Crippen molar-refractivity contribution in [3.63, 3.8) is 0 Å². The average molecular weight is 842 g/mol. The molecule has 10 aromatic carbocycles. The summed E-state index contributed by atoms with van der Waals surface area (Å²) in [6, 6.07) is 89.6. The first-order valence-electron chi connectivity index (χ1n) is 23.1. The molecule has 0 N–H and O–H groups in total. The van der Waals surface area contributed by atoms with Gasteiger partial charge in [0.2, 0.25) is 0 Å². The summed E-state index contributed by atoms with van der Waals surface area (Å²) in [6.45, 7) is 0. The third kappa shape index (κ3) is 6.80. The van der Waals surface area contributed by atoms with E-state index in [4.69, 9.17) is 0 Å². The van der Waals surface area contributed by atoms with E-state index >= 15 is 0 Å². The molecule has 0 bridgehead atoms. The number of hydrogen-bond acceptors (Lipinski definition) is 1. The molecule has 0 aromatic heterocycles. The van der Waals surface area contributed by atoms with E-state index < -0.39 is 5.41 Å². The van der Waals surface area contributed by atoms with Crippen LogP contribution in [0.2, 0.25) is 0 Å². The summed E-state index contributed by atoms with van der Waals surface area (Å²) in [5.41, 5.74) is 20.4. The summed E-state index contributed by atoms with van der Waals surface area (Å²) in [7, 11) is 0. The topological polar surface area (TPSA) is 3.24 Å². The number of allylic oxidation sites excluding steroid dienone is 4. The lowest BCUT2D eigenvalue weighted by Gasteiger charge is -2.35. The number of rotatable bonds is 9. The van der Waals surface area contributed by atoms with Gasteiger partial charge >= 0.3 is 0 Å². The minimum atomic E-state index is -0.499. The van der Waals surface area contributed by atoms with Gasteiger partial charge in [-0.15, -0.1) is 0 Å². The van der Waals surface area contributed by atoms with Crippen LogP contribution in [0.25, 0.3) is 60.9 Å². The fraction of sp³-hybridized carbons (Fsp3) is 0.0462. The van der Waals surface area contributed by atoms with Crippen LogP contribution in [-0.2, 0) is 5.41 Å². The molecule has 0 atom stereocenters. The van der Waals surface area contributed by atoms with Crippen molar-refractivity contribution in [2.45, 2.75) is 18.3 Å². The molecule has 2 aliphatic rings. The predicted molar refractivity (Wildman–Crippen MR) is 279 cm³/mol. The Labute approximate surface area is 387 Å². The number of benzene rings is 10. The molecule has 0 saturated heterocycles. The Balaban J connectivity index is 0.959. The van der Waals surface area contributed by atoms with Crippen LogP contribution in [0.4, 0.5) is 17.1 Å². The van der Waals surface area contributed by atoms with Gasteiger partial charge in [-0.1, -0.05) is 212 Å². The Bertz CT molecular complexity index is 3380.